The first-order valence-corrected chi connectivity index (χ1v) is 7.45. The van der Waals surface area contributed by atoms with Gasteiger partial charge >= 0.3 is 0 Å². The second-order valence-electron chi connectivity index (χ2n) is 5.59. The number of unbranched alkanes of at least 4 members (excludes halogenated alkanes) is 3. The summed E-state index contributed by atoms with van der Waals surface area (Å²) in [5, 5.41) is 0. The number of hydrogen-bond acceptors (Lipinski definition) is 2. The Morgan fingerprint density at radius 1 is 1.28 bits per heavy atom. The van der Waals surface area contributed by atoms with Gasteiger partial charge < -0.3 is 4.90 Å². The van der Waals surface area contributed by atoms with Crippen LogP contribution in [0.25, 0.3) is 0 Å². The molecule has 1 aromatic rings. The van der Waals surface area contributed by atoms with E-state index in [0.29, 0.717) is 0 Å². The first-order valence-electron chi connectivity index (χ1n) is 7.45. The van der Waals surface area contributed by atoms with Crippen molar-refractivity contribution >= 4 is 0 Å². The molecule has 0 unspecified atom stereocenters. The predicted octanol–water partition coefficient (Wildman–Crippen LogP) is 3.67. The van der Waals surface area contributed by atoms with E-state index in [9.17, 15) is 0 Å². The Morgan fingerprint density at radius 3 is 2.89 bits per heavy atom. The zero-order chi connectivity index (χ0) is 12.6. The van der Waals surface area contributed by atoms with E-state index in [-0.39, 0.29) is 0 Å². The minimum Gasteiger partial charge on any atom is -0.303 e. The van der Waals surface area contributed by atoms with Crippen LogP contribution in [0.3, 0.4) is 0 Å². The molecule has 1 aliphatic heterocycles. The number of nitrogens with zero attached hydrogens (tertiary/aromatic N) is 2. The lowest BCUT2D eigenvalue weighted by atomic mass is 10.0. The molecule has 0 spiro atoms. The smallest absolute Gasteiger partial charge is 0.0299 e. The zero-order valence-corrected chi connectivity index (χ0v) is 11.6. The number of hydrogen-bond donors (Lipinski definition) is 0. The van der Waals surface area contributed by atoms with Gasteiger partial charge in [-0.1, -0.05) is 25.3 Å². The average molecular weight is 246 g/mol. The van der Waals surface area contributed by atoms with E-state index in [0.717, 1.165) is 6.04 Å². The van der Waals surface area contributed by atoms with Gasteiger partial charge in [-0.3, -0.25) is 4.98 Å². The van der Waals surface area contributed by atoms with E-state index in [2.05, 4.69) is 23.0 Å². The highest BCUT2D eigenvalue weighted by atomic mass is 15.1. The molecule has 1 aliphatic rings. The summed E-state index contributed by atoms with van der Waals surface area (Å²) in [5.74, 6) is 0. The Bertz CT molecular complexity index is 323. The second-order valence-corrected chi connectivity index (χ2v) is 5.59. The summed E-state index contributed by atoms with van der Waals surface area (Å²) in [7, 11) is 2.28. The fourth-order valence-electron chi connectivity index (χ4n) is 2.95. The van der Waals surface area contributed by atoms with Crippen LogP contribution in [0.5, 0.6) is 0 Å². The van der Waals surface area contributed by atoms with Crippen LogP contribution in [-0.4, -0.2) is 29.5 Å². The van der Waals surface area contributed by atoms with Gasteiger partial charge in [-0.2, -0.15) is 0 Å². The predicted molar refractivity (Wildman–Crippen MR) is 76.7 cm³/mol. The Labute approximate surface area is 111 Å². The monoisotopic (exact) mass is 246 g/mol. The molecular weight excluding hydrogens is 220 g/mol. The van der Waals surface area contributed by atoms with Crippen LogP contribution in [0, 0.1) is 0 Å². The molecule has 2 rings (SSSR count). The fourth-order valence-corrected chi connectivity index (χ4v) is 2.95. The van der Waals surface area contributed by atoms with Crippen molar-refractivity contribution in [2.75, 3.05) is 13.6 Å². The molecule has 0 radical (unpaired) electrons. The molecule has 0 saturated carbocycles. The van der Waals surface area contributed by atoms with Crippen LogP contribution in [0.2, 0.25) is 0 Å². The Hall–Kier alpha value is -0.890. The van der Waals surface area contributed by atoms with Gasteiger partial charge in [0, 0.05) is 18.4 Å². The van der Waals surface area contributed by atoms with E-state index in [1.165, 1.54) is 63.5 Å². The standard InChI is InChI=1S/C16H26N2/c1-18-13-7-11-16(18)10-5-3-2-4-8-15-9-6-12-17-14-15/h6,9,12,14,16H,2-5,7-8,10-11,13H2,1H3/t16-/m1/s1. The molecule has 1 fully saturated rings. The van der Waals surface area contributed by atoms with Gasteiger partial charge in [-0.25, -0.2) is 0 Å². The lowest BCUT2D eigenvalue weighted by Crippen LogP contribution is -2.24. The summed E-state index contributed by atoms with van der Waals surface area (Å²) < 4.78 is 0. The van der Waals surface area contributed by atoms with Gasteiger partial charge in [0.1, 0.15) is 0 Å². The summed E-state index contributed by atoms with van der Waals surface area (Å²) in [6.07, 6.45) is 14.7. The topological polar surface area (TPSA) is 16.1 Å². The highest BCUT2D eigenvalue weighted by Gasteiger charge is 2.19. The van der Waals surface area contributed by atoms with Crippen molar-refractivity contribution in [3.63, 3.8) is 0 Å². The van der Waals surface area contributed by atoms with Crippen LogP contribution in [0.1, 0.15) is 50.5 Å². The third-order valence-electron chi connectivity index (χ3n) is 4.15. The highest BCUT2D eigenvalue weighted by molar-refractivity contribution is 5.08. The van der Waals surface area contributed by atoms with Gasteiger partial charge in [-0.15, -0.1) is 0 Å². The van der Waals surface area contributed by atoms with E-state index in [1.54, 1.807) is 0 Å². The molecule has 0 amide bonds. The van der Waals surface area contributed by atoms with Crippen molar-refractivity contribution in [3.05, 3.63) is 30.1 Å². The summed E-state index contributed by atoms with van der Waals surface area (Å²) >= 11 is 0. The maximum atomic E-state index is 4.15. The number of likely N-dealkylation sites (tertiary alicyclic amines) is 1. The number of rotatable bonds is 7. The average Bonchev–Trinajstić information content (AvgIpc) is 2.81. The van der Waals surface area contributed by atoms with Crippen molar-refractivity contribution in [2.24, 2.45) is 0 Å². The van der Waals surface area contributed by atoms with Crippen LogP contribution in [-0.2, 0) is 6.42 Å². The Morgan fingerprint density at radius 2 is 2.17 bits per heavy atom. The molecule has 100 valence electrons. The maximum Gasteiger partial charge on any atom is 0.0299 e. The molecule has 0 bridgehead atoms. The molecule has 18 heavy (non-hydrogen) atoms. The molecule has 0 aromatic carbocycles. The van der Waals surface area contributed by atoms with Crippen LogP contribution in [0.15, 0.2) is 24.5 Å². The van der Waals surface area contributed by atoms with Gasteiger partial charge in [0.2, 0.25) is 0 Å². The molecule has 1 atom stereocenters. The second kappa shape index (κ2) is 7.52. The van der Waals surface area contributed by atoms with Crippen molar-refractivity contribution < 1.29 is 0 Å². The Kier molecular flexibility index (Phi) is 5.66. The molecule has 1 saturated heterocycles. The van der Waals surface area contributed by atoms with Crippen molar-refractivity contribution in [1.29, 1.82) is 0 Å². The van der Waals surface area contributed by atoms with Crippen molar-refractivity contribution in [2.45, 2.75) is 57.4 Å². The lowest BCUT2D eigenvalue weighted by molar-refractivity contribution is 0.289. The summed E-state index contributed by atoms with van der Waals surface area (Å²) in [6.45, 7) is 1.31. The molecule has 0 aliphatic carbocycles. The summed E-state index contributed by atoms with van der Waals surface area (Å²) in [6, 6.07) is 5.09. The van der Waals surface area contributed by atoms with E-state index >= 15 is 0 Å². The SMILES string of the molecule is CN1CCC[C@H]1CCCCCCc1cccnc1. The first kappa shape index (κ1) is 13.5. The van der Waals surface area contributed by atoms with E-state index in [1.807, 2.05) is 18.5 Å². The third kappa shape index (κ3) is 4.41. The van der Waals surface area contributed by atoms with Gasteiger partial charge in [0.25, 0.3) is 0 Å². The third-order valence-corrected chi connectivity index (χ3v) is 4.15. The molecule has 2 nitrogen and oxygen atoms in total. The van der Waals surface area contributed by atoms with Crippen molar-refractivity contribution in [1.82, 2.24) is 9.88 Å². The van der Waals surface area contributed by atoms with E-state index in [4.69, 9.17) is 0 Å². The van der Waals surface area contributed by atoms with E-state index < -0.39 is 0 Å². The first-order chi connectivity index (χ1) is 8.86. The quantitative estimate of drug-likeness (QED) is 0.682. The van der Waals surface area contributed by atoms with Gasteiger partial charge in [0.05, 0.1) is 0 Å². The van der Waals surface area contributed by atoms with Crippen LogP contribution < -0.4 is 0 Å². The van der Waals surface area contributed by atoms with Crippen LogP contribution in [0.4, 0.5) is 0 Å². The number of aromatic nitrogens is 1. The molecule has 1 aromatic heterocycles. The zero-order valence-electron chi connectivity index (χ0n) is 11.6. The van der Waals surface area contributed by atoms with Crippen molar-refractivity contribution in [3.8, 4) is 0 Å². The molecule has 0 N–H and O–H groups in total. The van der Waals surface area contributed by atoms with Gasteiger partial charge in [0.15, 0.2) is 0 Å². The fraction of sp³-hybridized carbons (Fsp3) is 0.688. The largest absolute Gasteiger partial charge is 0.303 e. The summed E-state index contributed by atoms with van der Waals surface area (Å²) in [4.78, 5) is 6.69. The maximum absolute atomic E-state index is 4.15. The van der Waals surface area contributed by atoms with Gasteiger partial charge in [-0.05, 0) is 57.3 Å². The normalized spacial score (nSPS) is 20.4. The molecule has 2 heteroatoms. The number of aryl methyl sites for hydroxylation is 1. The molecule has 2 heterocycles. The summed E-state index contributed by atoms with van der Waals surface area (Å²) in [5.41, 5.74) is 1.38. The molecular formula is C16H26N2. The van der Waals surface area contributed by atoms with Crippen LogP contribution >= 0.6 is 0 Å². The Balaban J connectivity index is 1.49. The minimum absolute atomic E-state index is 0.878. The minimum atomic E-state index is 0.878. The highest BCUT2D eigenvalue weighted by Crippen LogP contribution is 2.20. The lowest BCUT2D eigenvalue weighted by Gasteiger charge is -2.18. The number of pyridine rings is 1.